The SMILES string of the molecule is COc1ccc(N(C)S(C)(=O)=O)cc1C(C)=O. The monoisotopic (exact) mass is 257 g/mol. The van der Waals surface area contributed by atoms with Crippen LogP contribution in [0.15, 0.2) is 18.2 Å². The highest BCUT2D eigenvalue weighted by molar-refractivity contribution is 7.92. The number of methoxy groups -OCH3 is 1. The number of carbonyl (C=O) groups is 1. The highest BCUT2D eigenvalue weighted by atomic mass is 32.2. The van der Waals surface area contributed by atoms with Crippen molar-refractivity contribution in [1.82, 2.24) is 0 Å². The second-order valence-electron chi connectivity index (χ2n) is 3.67. The number of rotatable bonds is 4. The van der Waals surface area contributed by atoms with Gasteiger partial charge in [0.2, 0.25) is 10.0 Å². The van der Waals surface area contributed by atoms with E-state index in [0.29, 0.717) is 17.0 Å². The van der Waals surface area contributed by atoms with Gasteiger partial charge in [0.05, 0.1) is 24.6 Å². The molecule has 94 valence electrons. The molecule has 5 nitrogen and oxygen atoms in total. The number of Topliss-reactive ketones (excluding diaryl/α,β-unsaturated/α-hetero) is 1. The summed E-state index contributed by atoms with van der Waals surface area (Å²) in [5.41, 5.74) is 0.791. The molecule has 17 heavy (non-hydrogen) atoms. The Kier molecular flexibility index (Phi) is 3.77. The summed E-state index contributed by atoms with van der Waals surface area (Å²) in [5, 5.41) is 0. The molecule has 0 radical (unpaired) electrons. The molecule has 0 atom stereocenters. The summed E-state index contributed by atoms with van der Waals surface area (Å²) in [5.74, 6) is 0.258. The third-order valence-corrected chi connectivity index (χ3v) is 3.63. The van der Waals surface area contributed by atoms with Gasteiger partial charge in [-0.1, -0.05) is 0 Å². The van der Waals surface area contributed by atoms with Gasteiger partial charge in [-0.3, -0.25) is 9.10 Å². The average molecular weight is 257 g/mol. The summed E-state index contributed by atoms with van der Waals surface area (Å²) >= 11 is 0. The fourth-order valence-electron chi connectivity index (χ4n) is 1.36. The Labute approximate surface area is 101 Å². The molecule has 0 aromatic heterocycles. The molecular weight excluding hydrogens is 242 g/mol. The average Bonchev–Trinajstić information content (AvgIpc) is 2.25. The third-order valence-electron chi connectivity index (χ3n) is 2.42. The molecule has 0 unspecified atom stereocenters. The molecule has 0 saturated carbocycles. The molecule has 0 N–H and O–H groups in total. The number of sulfonamides is 1. The van der Waals surface area contributed by atoms with Gasteiger partial charge in [0.25, 0.3) is 0 Å². The number of carbonyl (C=O) groups excluding carboxylic acids is 1. The van der Waals surface area contributed by atoms with Gasteiger partial charge >= 0.3 is 0 Å². The zero-order chi connectivity index (χ0) is 13.2. The van der Waals surface area contributed by atoms with Crippen molar-refractivity contribution in [2.75, 3.05) is 24.7 Å². The molecule has 1 aromatic carbocycles. The van der Waals surface area contributed by atoms with Gasteiger partial charge in [-0.2, -0.15) is 0 Å². The standard InChI is InChI=1S/C11H15NO4S/c1-8(13)10-7-9(5-6-11(10)16-3)12(2)17(4,14)15/h5-7H,1-4H3. The van der Waals surface area contributed by atoms with E-state index in [1.54, 1.807) is 12.1 Å². The number of hydrogen-bond donors (Lipinski definition) is 0. The smallest absolute Gasteiger partial charge is 0.231 e. The van der Waals surface area contributed by atoms with Crippen molar-refractivity contribution < 1.29 is 17.9 Å². The molecule has 0 bridgehead atoms. The van der Waals surface area contributed by atoms with Gasteiger partial charge in [-0.05, 0) is 25.1 Å². The van der Waals surface area contributed by atoms with Gasteiger partial charge in [0.1, 0.15) is 5.75 Å². The normalized spacial score (nSPS) is 11.1. The van der Waals surface area contributed by atoms with Crippen LogP contribution < -0.4 is 9.04 Å². The van der Waals surface area contributed by atoms with Crippen molar-refractivity contribution in [3.8, 4) is 5.75 Å². The molecule has 1 rings (SSSR count). The molecule has 0 saturated heterocycles. The maximum Gasteiger partial charge on any atom is 0.231 e. The molecule has 0 fully saturated rings. The van der Waals surface area contributed by atoms with E-state index in [1.807, 2.05) is 0 Å². The van der Waals surface area contributed by atoms with Crippen LogP contribution >= 0.6 is 0 Å². The Hall–Kier alpha value is -1.56. The number of anilines is 1. The van der Waals surface area contributed by atoms with Crippen LogP contribution in [0.1, 0.15) is 17.3 Å². The molecule has 0 spiro atoms. The van der Waals surface area contributed by atoms with Crippen molar-refractivity contribution in [3.05, 3.63) is 23.8 Å². The molecule has 1 aromatic rings. The number of nitrogens with zero attached hydrogens (tertiary/aromatic N) is 1. The Balaban J connectivity index is 3.31. The van der Waals surface area contributed by atoms with Gasteiger partial charge in [-0.25, -0.2) is 8.42 Å². The topological polar surface area (TPSA) is 63.7 Å². The van der Waals surface area contributed by atoms with E-state index in [4.69, 9.17) is 4.74 Å². The third kappa shape index (κ3) is 2.97. The first-order valence-electron chi connectivity index (χ1n) is 4.90. The fraction of sp³-hybridized carbons (Fsp3) is 0.364. The fourth-order valence-corrected chi connectivity index (χ4v) is 1.85. The first-order valence-corrected chi connectivity index (χ1v) is 6.75. The highest BCUT2D eigenvalue weighted by Crippen LogP contribution is 2.25. The van der Waals surface area contributed by atoms with Crippen LogP contribution in [0.25, 0.3) is 0 Å². The van der Waals surface area contributed by atoms with Crippen LogP contribution in [0.3, 0.4) is 0 Å². The van der Waals surface area contributed by atoms with Crippen LogP contribution in [0, 0.1) is 0 Å². The second kappa shape index (κ2) is 4.75. The molecule has 0 aliphatic heterocycles. The minimum atomic E-state index is -3.34. The molecule has 0 amide bonds. The summed E-state index contributed by atoms with van der Waals surface area (Å²) in [4.78, 5) is 11.4. The first kappa shape index (κ1) is 13.5. The van der Waals surface area contributed by atoms with Crippen molar-refractivity contribution in [3.63, 3.8) is 0 Å². The van der Waals surface area contributed by atoms with E-state index in [9.17, 15) is 13.2 Å². The van der Waals surface area contributed by atoms with Crippen molar-refractivity contribution >= 4 is 21.5 Å². The van der Waals surface area contributed by atoms with Gasteiger partial charge in [-0.15, -0.1) is 0 Å². The predicted octanol–water partition coefficient (Wildman–Crippen LogP) is 1.29. The molecule has 0 heterocycles. The zero-order valence-electron chi connectivity index (χ0n) is 10.2. The Morgan fingerprint density at radius 3 is 2.35 bits per heavy atom. The van der Waals surface area contributed by atoms with Crippen LogP contribution in [0.5, 0.6) is 5.75 Å². The lowest BCUT2D eigenvalue weighted by Crippen LogP contribution is -2.25. The van der Waals surface area contributed by atoms with E-state index >= 15 is 0 Å². The summed E-state index contributed by atoms with van der Waals surface area (Å²) in [6.07, 6.45) is 1.10. The summed E-state index contributed by atoms with van der Waals surface area (Å²) < 4.78 is 28.9. The maximum atomic E-state index is 11.4. The molecular formula is C11H15NO4S. The van der Waals surface area contributed by atoms with Crippen LogP contribution in [0.4, 0.5) is 5.69 Å². The van der Waals surface area contributed by atoms with Crippen molar-refractivity contribution in [2.24, 2.45) is 0 Å². The van der Waals surface area contributed by atoms with E-state index in [0.717, 1.165) is 10.6 Å². The highest BCUT2D eigenvalue weighted by Gasteiger charge is 2.15. The van der Waals surface area contributed by atoms with Crippen LogP contribution in [0.2, 0.25) is 0 Å². The number of ether oxygens (including phenoxy) is 1. The van der Waals surface area contributed by atoms with Gasteiger partial charge < -0.3 is 4.74 Å². The number of benzene rings is 1. The lowest BCUT2D eigenvalue weighted by molar-refractivity contribution is 0.101. The largest absolute Gasteiger partial charge is 0.496 e. The molecule has 0 aliphatic rings. The minimum absolute atomic E-state index is 0.175. The zero-order valence-corrected chi connectivity index (χ0v) is 11.0. The molecule has 0 aliphatic carbocycles. The summed E-state index contributed by atoms with van der Waals surface area (Å²) in [7, 11) is -0.445. The lowest BCUT2D eigenvalue weighted by Gasteiger charge is -2.18. The van der Waals surface area contributed by atoms with Crippen LogP contribution in [-0.4, -0.2) is 34.6 Å². The second-order valence-corrected chi connectivity index (χ2v) is 5.69. The van der Waals surface area contributed by atoms with E-state index in [2.05, 4.69) is 0 Å². The van der Waals surface area contributed by atoms with Crippen molar-refractivity contribution in [1.29, 1.82) is 0 Å². The van der Waals surface area contributed by atoms with Crippen LogP contribution in [-0.2, 0) is 10.0 Å². The predicted molar refractivity (Wildman–Crippen MR) is 66.2 cm³/mol. The Morgan fingerprint density at radius 2 is 1.94 bits per heavy atom. The van der Waals surface area contributed by atoms with E-state index in [1.165, 1.54) is 27.1 Å². The number of hydrogen-bond acceptors (Lipinski definition) is 4. The van der Waals surface area contributed by atoms with Gasteiger partial charge in [0.15, 0.2) is 5.78 Å². The van der Waals surface area contributed by atoms with Crippen molar-refractivity contribution in [2.45, 2.75) is 6.92 Å². The lowest BCUT2D eigenvalue weighted by atomic mass is 10.1. The quantitative estimate of drug-likeness (QED) is 0.762. The summed E-state index contributed by atoms with van der Waals surface area (Å²) in [6, 6.07) is 4.67. The van der Waals surface area contributed by atoms with Gasteiger partial charge in [0, 0.05) is 7.05 Å². The summed E-state index contributed by atoms with van der Waals surface area (Å²) in [6.45, 7) is 1.40. The minimum Gasteiger partial charge on any atom is -0.496 e. The number of ketones is 1. The first-order chi connectivity index (χ1) is 7.77. The van der Waals surface area contributed by atoms with E-state index < -0.39 is 10.0 Å². The Morgan fingerprint density at radius 1 is 1.35 bits per heavy atom. The maximum absolute atomic E-state index is 11.4. The Bertz CT molecular complexity index is 536. The van der Waals surface area contributed by atoms with E-state index in [-0.39, 0.29) is 5.78 Å². The molecule has 6 heteroatoms.